The Hall–Kier alpha value is 0.150. The van der Waals surface area contributed by atoms with E-state index in [1.54, 1.807) is 12.1 Å². The van der Waals surface area contributed by atoms with Crippen molar-refractivity contribution in [3.63, 3.8) is 0 Å². The predicted molar refractivity (Wildman–Crippen MR) is 43.4 cm³/mol. The molecule has 5 nitrogen and oxygen atoms in total. The molecule has 0 saturated carbocycles. The van der Waals surface area contributed by atoms with Gasteiger partial charge in [-0.05, 0) is 6.07 Å². The Morgan fingerprint density at radius 3 is 1.93 bits per heavy atom. The Bertz CT molecular complexity index is 310. The van der Waals surface area contributed by atoms with E-state index in [1.807, 2.05) is 0 Å². The van der Waals surface area contributed by atoms with Crippen molar-refractivity contribution in [2.24, 2.45) is 0 Å². The summed E-state index contributed by atoms with van der Waals surface area (Å²) >= 11 is 0. The molecule has 0 aromatic carbocycles. The van der Waals surface area contributed by atoms with Crippen LogP contribution in [0, 0.1) is 0 Å². The summed E-state index contributed by atoms with van der Waals surface area (Å²) in [6.07, 6.45) is 2.25. The van der Waals surface area contributed by atoms with Gasteiger partial charge >= 0.3 is 29.6 Å². The van der Waals surface area contributed by atoms with E-state index in [2.05, 4.69) is 4.98 Å². The van der Waals surface area contributed by atoms with Gasteiger partial charge in [0.05, 0.1) is 6.26 Å². The Labute approximate surface area is 111 Å². The first-order chi connectivity index (χ1) is 5.39. The summed E-state index contributed by atoms with van der Waals surface area (Å²) in [5.74, 6) is 0.0718. The number of hydrogen-bond acceptors (Lipinski definition) is 4. The van der Waals surface area contributed by atoms with Gasteiger partial charge in [-0.3, -0.25) is 4.55 Å². The summed E-state index contributed by atoms with van der Waals surface area (Å²) in [4.78, 5) is 3.53. The first-order valence-corrected chi connectivity index (χ1v) is 4.77. The van der Waals surface area contributed by atoms with Gasteiger partial charge in [-0.15, -0.1) is 0 Å². The SMILES string of the molecule is CS(=O)(=O)O.Oc1ccccn1.[Cl-].[Na+]. The van der Waals surface area contributed by atoms with Gasteiger partial charge in [0.2, 0.25) is 5.88 Å². The third-order valence-corrected chi connectivity index (χ3v) is 0.649. The van der Waals surface area contributed by atoms with Crippen LogP contribution in [0.4, 0.5) is 0 Å². The number of pyridine rings is 1. The number of halogens is 1. The van der Waals surface area contributed by atoms with E-state index in [9.17, 15) is 8.42 Å². The van der Waals surface area contributed by atoms with E-state index in [0.29, 0.717) is 6.26 Å². The summed E-state index contributed by atoms with van der Waals surface area (Å²) in [6, 6.07) is 5.00. The second kappa shape index (κ2) is 9.70. The number of aromatic nitrogens is 1. The fourth-order valence-corrected chi connectivity index (χ4v) is 0.354. The summed E-state index contributed by atoms with van der Waals surface area (Å²) in [5.41, 5.74) is 0. The van der Waals surface area contributed by atoms with E-state index in [0.717, 1.165) is 0 Å². The Morgan fingerprint density at radius 1 is 1.36 bits per heavy atom. The van der Waals surface area contributed by atoms with Gasteiger partial charge in [0, 0.05) is 12.3 Å². The largest absolute Gasteiger partial charge is 1.00 e. The van der Waals surface area contributed by atoms with Gasteiger partial charge < -0.3 is 17.5 Å². The van der Waals surface area contributed by atoms with Crippen molar-refractivity contribution in [2.75, 3.05) is 6.26 Å². The molecule has 8 heteroatoms. The Morgan fingerprint density at radius 2 is 1.79 bits per heavy atom. The minimum atomic E-state index is -3.67. The molecule has 0 fully saturated rings. The molecule has 14 heavy (non-hydrogen) atoms. The van der Waals surface area contributed by atoms with Crippen LogP contribution in [0.1, 0.15) is 0 Å². The molecule has 0 radical (unpaired) electrons. The van der Waals surface area contributed by atoms with Crippen LogP contribution in [0.3, 0.4) is 0 Å². The fraction of sp³-hybridized carbons (Fsp3) is 0.167. The minimum Gasteiger partial charge on any atom is -1.00 e. The van der Waals surface area contributed by atoms with Crippen molar-refractivity contribution < 1.29 is 60.0 Å². The number of nitrogens with zero attached hydrogens (tertiary/aromatic N) is 1. The van der Waals surface area contributed by atoms with Crippen LogP contribution < -0.4 is 42.0 Å². The van der Waals surface area contributed by atoms with Gasteiger partial charge in [0.15, 0.2) is 0 Å². The zero-order valence-corrected chi connectivity index (χ0v) is 11.3. The van der Waals surface area contributed by atoms with E-state index < -0.39 is 10.1 Å². The molecule has 0 amide bonds. The molecule has 0 atom stereocenters. The second-order valence-electron chi connectivity index (χ2n) is 1.92. The minimum absolute atomic E-state index is 0. The van der Waals surface area contributed by atoms with Gasteiger partial charge in [0.1, 0.15) is 0 Å². The van der Waals surface area contributed by atoms with E-state index >= 15 is 0 Å². The first kappa shape index (κ1) is 19.7. The molecule has 76 valence electrons. The molecule has 1 aromatic rings. The monoisotopic (exact) mass is 249 g/mol. The maximum Gasteiger partial charge on any atom is 1.00 e. The summed E-state index contributed by atoms with van der Waals surface area (Å²) < 4.78 is 25.9. The molecular weight excluding hydrogens is 241 g/mol. The van der Waals surface area contributed by atoms with Gasteiger partial charge in [-0.25, -0.2) is 4.98 Å². The van der Waals surface area contributed by atoms with Crippen LogP contribution in [-0.2, 0) is 10.1 Å². The van der Waals surface area contributed by atoms with Gasteiger partial charge in [0.25, 0.3) is 10.1 Å². The second-order valence-corrected chi connectivity index (χ2v) is 3.39. The van der Waals surface area contributed by atoms with Crippen molar-refractivity contribution in [3.05, 3.63) is 24.4 Å². The van der Waals surface area contributed by atoms with Crippen LogP contribution >= 0.6 is 0 Å². The molecule has 0 aliphatic heterocycles. The molecule has 1 heterocycles. The van der Waals surface area contributed by atoms with E-state index in [4.69, 9.17) is 9.66 Å². The van der Waals surface area contributed by atoms with Gasteiger partial charge in [-0.2, -0.15) is 8.42 Å². The number of hydrogen-bond donors (Lipinski definition) is 2. The van der Waals surface area contributed by atoms with Crippen LogP contribution in [0.15, 0.2) is 24.4 Å². The summed E-state index contributed by atoms with van der Waals surface area (Å²) in [7, 11) is -3.67. The number of rotatable bonds is 0. The molecular formula is C6H9ClNNaO4S. The van der Waals surface area contributed by atoms with Crippen molar-refractivity contribution in [1.82, 2.24) is 4.98 Å². The first-order valence-electron chi connectivity index (χ1n) is 2.92. The van der Waals surface area contributed by atoms with Crippen LogP contribution in [0.25, 0.3) is 0 Å². The number of aromatic hydroxyl groups is 1. The molecule has 0 unspecified atom stereocenters. The molecule has 1 rings (SSSR count). The van der Waals surface area contributed by atoms with E-state index in [-0.39, 0.29) is 47.8 Å². The normalized spacial score (nSPS) is 8.43. The molecule has 1 aromatic heterocycles. The smallest absolute Gasteiger partial charge is 1.00 e. The van der Waals surface area contributed by atoms with E-state index in [1.165, 1.54) is 12.3 Å². The molecule has 2 N–H and O–H groups in total. The third kappa shape index (κ3) is 22.7. The summed E-state index contributed by atoms with van der Waals surface area (Å²) in [6.45, 7) is 0. The predicted octanol–water partition coefficient (Wildman–Crippen LogP) is -5.70. The molecule has 0 bridgehead atoms. The molecule has 0 aliphatic carbocycles. The zero-order chi connectivity index (χ0) is 9.61. The Kier molecular flexibility index (Phi) is 13.6. The average molecular weight is 250 g/mol. The van der Waals surface area contributed by atoms with Crippen molar-refractivity contribution in [1.29, 1.82) is 0 Å². The quantitative estimate of drug-likeness (QED) is 0.354. The van der Waals surface area contributed by atoms with Crippen molar-refractivity contribution in [2.45, 2.75) is 0 Å². The summed E-state index contributed by atoms with van der Waals surface area (Å²) in [5, 5.41) is 8.52. The topological polar surface area (TPSA) is 87.5 Å². The van der Waals surface area contributed by atoms with Gasteiger partial charge in [-0.1, -0.05) is 6.07 Å². The van der Waals surface area contributed by atoms with Crippen LogP contribution in [0.2, 0.25) is 0 Å². The fourth-order valence-electron chi connectivity index (χ4n) is 0.354. The molecule has 0 spiro atoms. The maximum atomic E-state index is 9.19. The van der Waals surface area contributed by atoms with Crippen LogP contribution in [-0.4, -0.2) is 29.3 Å². The van der Waals surface area contributed by atoms with Crippen molar-refractivity contribution >= 4 is 10.1 Å². The maximum absolute atomic E-state index is 9.19. The van der Waals surface area contributed by atoms with Crippen LogP contribution in [0.5, 0.6) is 5.88 Å². The standard InChI is InChI=1S/C5H5NO.CH4O3S.ClH.Na/c7-5-3-1-2-4-6-5;1-5(2,3)4;;/h1-4H,(H,6,7);1H3,(H,2,3,4);1H;/q;;;+1/p-1. The van der Waals surface area contributed by atoms with Crippen molar-refractivity contribution in [3.8, 4) is 5.88 Å². The zero-order valence-electron chi connectivity index (χ0n) is 7.75. The molecule has 0 aliphatic rings. The third-order valence-electron chi connectivity index (χ3n) is 0.649. The average Bonchev–Trinajstić information content (AvgIpc) is 1.85. The molecule has 0 saturated heterocycles. The Balaban J connectivity index is -0.000000159.